The van der Waals surface area contributed by atoms with E-state index in [1.54, 1.807) is 0 Å². The van der Waals surface area contributed by atoms with E-state index in [4.69, 9.17) is 11.6 Å². The topological polar surface area (TPSA) is 75.1 Å². The minimum absolute atomic E-state index is 0.170. The fraction of sp³-hybridized carbons (Fsp3) is 0.643. The second-order valence-corrected chi connectivity index (χ2v) is 5.87. The van der Waals surface area contributed by atoms with Crippen molar-refractivity contribution < 1.29 is 9.90 Å². The van der Waals surface area contributed by atoms with E-state index in [2.05, 4.69) is 22.2 Å². The molecule has 1 heterocycles. The zero-order chi connectivity index (χ0) is 14.6. The highest BCUT2D eigenvalue weighted by Gasteiger charge is 2.33. The Morgan fingerprint density at radius 2 is 2.20 bits per heavy atom. The van der Waals surface area contributed by atoms with Crippen LogP contribution in [0.25, 0.3) is 0 Å². The van der Waals surface area contributed by atoms with E-state index in [0.717, 1.165) is 32.1 Å². The zero-order valence-electron chi connectivity index (χ0n) is 11.6. The van der Waals surface area contributed by atoms with E-state index in [9.17, 15) is 9.90 Å². The second-order valence-electron chi connectivity index (χ2n) is 5.49. The van der Waals surface area contributed by atoms with Gasteiger partial charge in [0.15, 0.2) is 0 Å². The second kappa shape index (κ2) is 6.50. The quantitative estimate of drug-likeness (QED) is 0.893. The Labute approximate surface area is 123 Å². The number of hydrogen-bond donors (Lipinski definition) is 2. The SMILES string of the molecule is CCC1CCC(O)(CNC(=O)c2cncc(Cl)n2)CC1. The fourth-order valence-electron chi connectivity index (χ4n) is 2.59. The van der Waals surface area contributed by atoms with E-state index in [1.807, 2.05) is 0 Å². The molecule has 1 aromatic heterocycles. The fourth-order valence-corrected chi connectivity index (χ4v) is 2.73. The maximum absolute atomic E-state index is 11.9. The lowest BCUT2D eigenvalue weighted by atomic mass is 9.78. The molecule has 20 heavy (non-hydrogen) atoms. The Bertz CT molecular complexity index is 473. The van der Waals surface area contributed by atoms with Crippen LogP contribution >= 0.6 is 11.6 Å². The van der Waals surface area contributed by atoms with E-state index in [0.29, 0.717) is 5.92 Å². The normalized spacial score (nSPS) is 26.2. The highest BCUT2D eigenvalue weighted by molar-refractivity contribution is 6.29. The van der Waals surface area contributed by atoms with Crippen molar-refractivity contribution in [3.63, 3.8) is 0 Å². The predicted molar refractivity (Wildman–Crippen MR) is 76.6 cm³/mol. The smallest absolute Gasteiger partial charge is 0.271 e. The summed E-state index contributed by atoms with van der Waals surface area (Å²) in [5.74, 6) is 0.343. The lowest BCUT2D eigenvalue weighted by Gasteiger charge is -2.35. The van der Waals surface area contributed by atoms with Crippen LogP contribution in [0.1, 0.15) is 49.5 Å². The summed E-state index contributed by atoms with van der Waals surface area (Å²) in [6, 6.07) is 0. The van der Waals surface area contributed by atoms with E-state index >= 15 is 0 Å². The molecule has 1 aromatic rings. The summed E-state index contributed by atoms with van der Waals surface area (Å²) in [4.78, 5) is 19.6. The molecular formula is C14H20ClN3O2. The molecule has 0 radical (unpaired) electrons. The number of aliphatic hydroxyl groups is 1. The van der Waals surface area contributed by atoms with Gasteiger partial charge in [0.1, 0.15) is 10.8 Å². The monoisotopic (exact) mass is 297 g/mol. The van der Waals surface area contributed by atoms with E-state index in [-0.39, 0.29) is 23.3 Å². The molecule has 0 aliphatic heterocycles. The molecule has 2 N–H and O–H groups in total. The third kappa shape index (κ3) is 3.90. The Balaban J connectivity index is 1.87. The average molecular weight is 298 g/mol. The Hall–Kier alpha value is -1.20. The number of nitrogens with one attached hydrogen (secondary N) is 1. The molecule has 0 bridgehead atoms. The molecule has 5 nitrogen and oxygen atoms in total. The number of carbonyl (C=O) groups is 1. The molecule has 1 amide bonds. The molecule has 0 aromatic carbocycles. The molecule has 2 rings (SSSR count). The number of halogens is 1. The molecule has 1 aliphatic carbocycles. The van der Waals surface area contributed by atoms with Crippen LogP contribution in [0.3, 0.4) is 0 Å². The van der Waals surface area contributed by atoms with Gasteiger partial charge in [0.2, 0.25) is 0 Å². The summed E-state index contributed by atoms with van der Waals surface area (Å²) in [6.45, 7) is 2.42. The lowest BCUT2D eigenvalue weighted by Crippen LogP contribution is -2.45. The summed E-state index contributed by atoms with van der Waals surface area (Å²) < 4.78 is 0. The molecule has 0 spiro atoms. The van der Waals surface area contributed by atoms with Gasteiger partial charge in [-0.05, 0) is 31.6 Å². The van der Waals surface area contributed by atoms with E-state index in [1.165, 1.54) is 12.4 Å². The molecule has 0 unspecified atom stereocenters. The van der Waals surface area contributed by atoms with Crippen LogP contribution in [0.4, 0.5) is 0 Å². The molecule has 1 aliphatic rings. The highest BCUT2D eigenvalue weighted by atomic mass is 35.5. The van der Waals surface area contributed by atoms with Gasteiger partial charge in [0, 0.05) is 6.54 Å². The van der Waals surface area contributed by atoms with Gasteiger partial charge in [-0.15, -0.1) is 0 Å². The Kier molecular flexibility index (Phi) is 4.94. The summed E-state index contributed by atoms with van der Waals surface area (Å²) in [7, 11) is 0. The largest absolute Gasteiger partial charge is 0.388 e. The van der Waals surface area contributed by atoms with Gasteiger partial charge in [-0.25, -0.2) is 4.98 Å². The van der Waals surface area contributed by atoms with Crippen LogP contribution in [-0.2, 0) is 0 Å². The molecule has 6 heteroatoms. The van der Waals surface area contributed by atoms with Gasteiger partial charge >= 0.3 is 0 Å². The maximum atomic E-state index is 11.9. The summed E-state index contributed by atoms with van der Waals surface area (Å²) in [5, 5.41) is 13.4. The minimum Gasteiger partial charge on any atom is -0.388 e. The van der Waals surface area contributed by atoms with E-state index < -0.39 is 5.60 Å². The highest BCUT2D eigenvalue weighted by Crippen LogP contribution is 2.33. The van der Waals surface area contributed by atoms with Crippen LogP contribution in [-0.4, -0.2) is 33.1 Å². The average Bonchev–Trinajstić information content (AvgIpc) is 2.46. The standard InChI is InChI=1S/C14H20ClN3O2/c1-2-10-3-5-14(20,6-4-10)9-17-13(19)11-7-16-8-12(15)18-11/h7-8,10,20H,2-6,9H2,1H3,(H,17,19). The summed E-state index contributed by atoms with van der Waals surface area (Å²) >= 11 is 5.69. The van der Waals surface area contributed by atoms with Crippen LogP contribution in [0.5, 0.6) is 0 Å². The molecule has 0 atom stereocenters. The first-order valence-electron chi connectivity index (χ1n) is 7.00. The number of rotatable bonds is 4. The summed E-state index contributed by atoms with van der Waals surface area (Å²) in [5.41, 5.74) is -0.629. The number of hydrogen-bond acceptors (Lipinski definition) is 4. The number of amides is 1. The molecule has 110 valence electrons. The number of nitrogens with zero attached hydrogens (tertiary/aromatic N) is 2. The van der Waals surface area contributed by atoms with Crippen molar-refractivity contribution in [3.8, 4) is 0 Å². The van der Waals surface area contributed by atoms with Crippen molar-refractivity contribution in [2.24, 2.45) is 5.92 Å². The lowest BCUT2D eigenvalue weighted by molar-refractivity contribution is -0.00790. The first-order valence-corrected chi connectivity index (χ1v) is 7.38. The van der Waals surface area contributed by atoms with Gasteiger partial charge in [0.25, 0.3) is 5.91 Å². The van der Waals surface area contributed by atoms with Crippen LogP contribution in [0.15, 0.2) is 12.4 Å². The molecular weight excluding hydrogens is 278 g/mol. The molecule has 1 saturated carbocycles. The number of carbonyl (C=O) groups excluding carboxylic acids is 1. The van der Waals surface area contributed by atoms with Crippen molar-refractivity contribution >= 4 is 17.5 Å². The van der Waals surface area contributed by atoms with Crippen molar-refractivity contribution in [3.05, 3.63) is 23.2 Å². The van der Waals surface area contributed by atoms with Gasteiger partial charge in [0.05, 0.1) is 18.0 Å². The first-order chi connectivity index (χ1) is 9.52. The number of aromatic nitrogens is 2. The minimum atomic E-state index is -0.798. The van der Waals surface area contributed by atoms with Crippen LogP contribution in [0.2, 0.25) is 5.15 Å². The van der Waals surface area contributed by atoms with Crippen LogP contribution < -0.4 is 5.32 Å². The van der Waals surface area contributed by atoms with Gasteiger partial charge in [-0.1, -0.05) is 24.9 Å². The van der Waals surface area contributed by atoms with Crippen molar-refractivity contribution in [1.82, 2.24) is 15.3 Å². The predicted octanol–water partition coefficient (Wildman–Crippen LogP) is 2.19. The molecule has 0 saturated heterocycles. The van der Waals surface area contributed by atoms with Crippen molar-refractivity contribution in [1.29, 1.82) is 0 Å². The van der Waals surface area contributed by atoms with Gasteiger partial charge in [-0.2, -0.15) is 0 Å². The van der Waals surface area contributed by atoms with Crippen LogP contribution in [0, 0.1) is 5.92 Å². The maximum Gasteiger partial charge on any atom is 0.271 e. The van der Waals surface area contributed by atoms with Gasteiger partial charge in [-0.3, -0.25) is 9.78 Å². The Morgan fingerprint density at radius 3 is 2.80 bits per heavy atom. The third-order valence-electron chi connectivity index (χ3n) is 4.03. The van der Waals surface area contributed by atoms with Gasteiger partial charge < -0.3 is 10.4 Å². The third-order valence-corrected chi connectivity index (χ3v) is 4.21. The zero-order valence-corrected chi connectivity index (χ0v) is 12.4. The summed E-state index contributed by atoms with van der Waals surface area (Å²) in [6.07, 6.45) is 7.37. The first kappa shape index (κ1) is 15.2. The van der Waals surface area contributed by atoms with Crippen molar-refractivity contribution in [2.75, 3.05) is 6.54 Å². The van der Waals surface area contributed by atoms with Crippen molar-refractivity contribution in [2.45, 2.75) is 44.6 Å². The Morgan fingerprint density at radius 1 is 1.50 bits per heavy atom. The molecule has 1 fully saturated rings.